The Morgan fingerprint density at radius 2 is 2.00 bits per heavy atom. The predicted octanol–water partition coefficient (Wildman–Crippen LogP) is 2.81. The molecule has 140 valence electrons. The summed E-state index contributed by atoms with van der Waals surface area (Å²) in [5.41, 5.74) is 1.29. The van der Waals surface area contributed by atoms with Crippen LogP contribution in [0.15, 0.2) is 36.7 Å². The zero-order chi connectivity index (χ0) is 19.6. The molecule has 2 amide bonds. The molecule has 0 saturated heterocycles. The van der Waals surface area contributed by atoms with E-state index in [-0.39, 0.29) is 23.9 Å². The Labute approximate surface area is 155 Å². The third-order valence-electron chi connectivity index (χ3n) is 3.70. The molecule has 3 rings (SSSR count). The van der Waals surface area contributed by atoms with Crippen molar-refractivity contribution in [1.82, 2.24) is 20.5 Å². The SMILES string of the molecule is CC(C)(C)NC(=O)c1cc(NC(=O)Cc2cc(F)c3cn[nH]c3c2)ccn1. The fourth-order valence-electron chi connectivity index (χ4n) is 2.59. The molecule has 2 aromatic heterocycles. The van der Waals surface area contributed by atoms with E-state index in [0.717, 1.165) is 0 Å². The summed E-state index contributed by atoms with van der Waals surface area (Å²) < 4.78 is 14.0. The molecule has 0 aliphatic carbocycles. The van der Waals surface area contributed by atoms with Gasteiger partial charge in [0.25, 0.3) is 5.91 Å². The molecule has 0 atom stereocenters. The lowest BCUT2D eigenvalue weighted by Gasteiger charge is -2.20. The Morgan fingerprint density at radius 3 is 2.74 bits per heavy atom. The minimum absolute atomic E-state index is 0.0161. The van der Waals surface area contributed by atoms with Crippen LogP contribution in [-0.2, 0) is 11.2 Å². The van der Waals surface area contributed by atoms with Crippen molar-refractivity contribution in [2.45, 2.75) is 32.7 Å². The van der Waals surface area contributed by atoms with Crippen LogP contribution < -0.4 is 10.6 Å². The van der Waals surface area contributed by atoms with Crippen molar-refractivity contribution >= 4 is 28.4 Å². The second-order valence-electron chi connectivity index (χ2n) is 7.27. The third kappa shape index (κ3) is 4.66. The van der Waals surface area contributed by atoms with Gasteiger partial charge in [0.1, 0.15) is 11.5 Å². The van der Waals surface area contributed by atoms with Crippen molar-refractivity contribution in [1.29, 1.82) is 0 Å². The quantitative estimate of drug-likeness (QED) is 0.658. The zero-order valence-electron chi connectivity index (χ0n) is 15.3. The summed E-state index contributed by atoms with van der Waals surface area (Å²) in [7, 11) is 0. The maximum Gasteiger partial charge on any atom is 0.270 e. The van der Waals surface area contributed by atoms with Gasteiger partial charge in [-0.05, 0) is 50.6 Å². The highest BCUT2D eigenvalue weighted by atomic mass is 19.1. The number of carbonyl (C=O) groups excluding carboxylic acids is 2. The Kier molecular flexibility index (Phi) is 4.89. The van der Waals surface area contributed by atoms with Crippen LogP contribution in [0.5, 0.6) is 0 Å². The molecule has 0 radical (unpaired) electrons. The average Bonchev–Trinajstić information content (AvgIpc) is 3.02. The summed E-state index contributed by atoms with van der Waals surface area (Å²) in [5, 5.41) is 12.4. The van der Waals surface area contributed by atoms with Gasteiger partial charge in [0.2, 0.25) is 5.91 Å². The molecule has 2 heterocycles. The predicted molar refractivity (Wildman–Crippen MR) is 99.8 cm³/mol. The summed E-state index contributed by atoms with van der Waals surface area (Å²) in [4.78, 5) is 28.5. The molecule has 0 aliphatic heterocycles. The topological polar surface area (TPSA) is 99.8 Å². The maximum absolute atomic E-state index is 14.0. The number of pyridine rings is 1. The van der Waals surface area contributed by atoms with Gasteiger partial charge < -0.3 is 10.6 Å². The highest BCUT2D eigenvalue weighted by Crippen LogP contribution is 2.18. The van der Waals surface area contributed by atoms with Gasteiger partial charge in [-0.2, -0.15) is 5.10 Å². The number of fused-ring (bicyclic) bond motifs is 1. The number of nitrogens with one attached hydrogen (secondary N) is 3. The number of halogens is 1. The molecule has 7 nitrogen and oxygen atoms in total. The first-order valence-corrected chi connectivity index (χ1v) is 8.41. The molecule has 0 unspecified atom stereocenters. The van der Waals surface area contributed by atoms with E-state index in [1.807, 2.05) is 20.8 Å². The first-order valence-electron chi connectivity index (χ1n) is 8.41. The van der Waals surface area contributed by atoms with Gasteiger partial charge >= 0.3 is 0 Å². The van der Waals surface area contributed by atoms with Gasteiger partial charge in [-0.25, -0.2) is 4.39 Å². The molecule has 27 heavy (non-hydrogen) atoms. The maximum atomic E-state index is 14.0. The number of aromatic nitrogens is 3. The standard InChI is InChI=1S/C19H20FN5O2/c1-19(2,3)24-18(27)16-9-12(4-5-21-16)23-17(26)8-11-6-14(20)13-10-22-25-15(13)7-11/h4-7,9-10H,8H2,1-3H3,(H,22,25)(H,24,27)(H,21,23,26). The monoisotopic (exact) mass is 369 g/mol. The summed E-state index contributed by atoms with van der Waals surface area (Å²) >= 11 is 0. The largest absolute Gasteiger partial charge is 0.346 e. The molecular formula is C19H20FN5O2. The Balaban J connectivity index is 1.70. The number of rotatable bonds is 4. The van der Waals surface area contributed by atoms with Crippen LogP contribution in [0.25, 0.3) is 10.9 Å². The number of carbonyl (C=O) groups is 2. The molecule has 0 aliphatic rings. The number of hydrogen-bond acceptors (Lipinski definition) is 4. The number of aromatic amines is 1. The van der Waals surface area contributed by atoms with E-state index in [0.29, 0.717) is 22.2 Å². The van der Waals surface area contributed by atoms with Gasteiger partial charge in [-0.15, -0.1) is 0 Å². The summed E-state index contributed by atoms with van der Waals surface area (Å²) in [5.74, 6) is -1.10. The third-order valence-corrected chi connectivity index (χ3v) is 3.70. The molecule has 0 fully saturated rings. The van der Waals surface area contributed by atoms with E-state index < -0.39 is 11.4 Å². The van der Waals surface area contributed by atoms with Crippen LogP contribution in [0.1, 0.15) is 36.8 Å². The van der Waals surface area contributed by atoms with Gasteiger partial charge in [0, 0.05) is 17.4 Å². The molecule has 0 spiro atoms. The van der Waals surface area contributed by atoms with Crippen molar-refractivity contribution in [3.05, 3.63) is 53.7 Å². The number of amides is 2. The molecule has 0 saturated carbocycles. The fraction of sp³-hybridized carbons (Fsp3) is 0.263. The van der Waals surface area contributed by atoms with Crippen LogP contribution in [-0.4, -0.2) is 32.5 Å². The van der Waals surface area contributed by atoms with Gasteiger partial charge in [-0.1, -0.05) is 0 Å². The van der Waals surface area contributed by atoms with Crippen molar-refractivity contribution in [2.24, 2.45) is 0 Å². The van der Waals surface area contributed by atoms with Crippen LogP contribution in [0.4, 0.5) is 10.1 Å². The van der Waals surface area contributed by atoms with E-state index in [4.69, 9.17) is 0 Å². The second kappa shape index (κ2) is 7.14. The molecule has 1 aromatic carbocycles. The van der Waals surface area contributed by atoms with Crippen LogP contribution >= 0.6 is 0 Å². The fourth-order valence-corrected chi connectivity index (χ4v) is 2.59. The lowest BCUT2D eigenvalue weighted by atomic mass is 10.1. The molecule has 3 N–H and O–H groups in total. The Bertz CT molecular complexity index is 1010. The smallest absolute Gasteiger partial charge is 0.270 e. The van der Waals surface area contributed by atoms with Crippen LogP contribution in [0.2, 0.25) is 0 Å². The Morgan fingerprint density at radius 1 is 1.22 bits per heavy atom. The number of benzene rings is 1. The first-order chi connectivity index (χ1) is 12.7. The molecular weight excluding hydrogens is 349 g/mol. The van der Waals surface area contributed by atoms with Crippen LogP contribution in [0, 0.1) is 5.82 Å². The summed E-state index contributed by atoms with van der Waals surface area (Å²) in [6, 6.07) is 6.08. The lowest BCUT2D eigenvalue weighted by Crippen LogP contribution is -2.40. The lowest BCUT2D eigenvalue weighted by molar-refractivity contribution is -0.115. The van der Waals surface area contributed by atoms with Crippen molar-refractivity contribution in [3.63, 3.8) is 0 Å². The summed E-state index contributed by atoms with van der Waals surface area (Å²) in [6.45, 7) is 5.60. The summed E-state index contributed by atoms with van der Waals surface area (Å²) in [6.07, 6.45) is 2.83. The molecule has 0 bridgehead atoms. The average molecular weight is 369 g/mol. The van der Waals surface area contributed by atoms with Crippen LogP contribution in [0.3, 0.4) is 0 Å². The Hall–Kier alpha value is -3.29. The van der Waals surface area contributed by atoms with Gasteiger partial charge in [-0.3, -0.25) is 19.7 Å². The number of anilines is 1. The van der Waals surface area contributed by atoms with Crippen molar-refractivity contribution < 1.29 is 14.0 Å². The first kappa shape index (κ1) is 18.5. The minimum atomic E-state index is -0.436. The molecule has 3 aromatic rings. The number of nitrogens with zero attached hydrogens (tertiary/aromatic N) is 2. The highest BCUT2D eigenvalue weighted by Gasteiger charge is 2.17. The van der Waals surface area contributed by atoms with E-state index in [2.05, 4.69) is 25.8 Å². The van der Waals surface area contributed by atoms with Crippen molar-refractivity contribution in [2.75, 3.05) is 5.32 Å². The zero-order valence-corrected chi connectivity index (χ0v) is 15.3. The minimum Gasteiger partial charge on any atom is -0.346 e. The van der Waals surface area contributed by atoms with Crippen molar-refractivity contribution in [3.8, 4) is 0 Å². The van der Waals surface area contributed by atoms with Gasteiger partial charge in [0.15, 0.2) is 0 Å². The van der Waals surface area contributed by atoms with E-state index in [9.17, 15) is 14.0 Å². The van der Waals surface area contributed by atoms with E-state index in [1.165, 1.54) is 24.5 Å². The second-order valence-corrected chi connectivity index (χ2v) is 7.27. The number of H-pyrrole nitrogens is 1. The molecule has 8 heteroatoms. The highest BCUT2D eigenvalue weighted by molar-refractivity contribution is 5.96. The van der Waals surface area contributed by atoms with E-state index in [1.54, 1.807) is 12.1 Å². The van der Waals surface area contributed by atoms with Gasteiger partial charge in [0.05, 0.1) is 23.5 Å². The number of hydrogen-bond donors (Lipinski definition) is 3. The van der Waals surface area contributed by atoms with E-state index >= 15 is 0 Å². The normalized spacial score (nSPS) is 11.4.